The molecular weight excluding hydrogens is 226 g/mol. The lowest BCUT2D eigenvalue weighted by molar-refractivity contribution is 0.555. The van der Waals surface area contributed by atoms with Gasteiger partial charge >= 0.3 is 0 Å². The fraction of sp³-hybridized carbons (Fsp3) is 0.462. The normalized spacial score (nSPS) is 12.6. The minimum Gasteiger partial charge on any atom is -0.303 e. The highest BCUT2D eigenvalue weighted by Crippen LogP contribution is 2.13. The maximum atomic E-state index is 4.14. The van der Waals surface area contributed by atoms with E-state index < -0.39 is 0 Å². The molecule has 5 nitrogen and oxygen atoms in total. The van der Waals surface area contributed by atoms with Crippen molar-refractivity contribution in [1.29, 1.82) is 0 Å². The molecule has 0 bridgehead atoms. The number of nitrogens with one attached hydrogen (secondary N) is 1. The Bertz CT molecular complexity index is 488. The SMILES string of the molecule is CCc1ccc(C(C)NCc2nnn(C)n2)cc1. The van der Waals surface area contributed by atoms with Crippen LogP contribution in [0.15, 0.2) is 24.3 Å². The van der Waals surface area contributed by atoms with Crippen LogP contribution in [0.2, 0.25) is 0 Å². The third-order valence-electron chi connectivity index (χ3n) is 3.00. The van der Waals surface area contributed by atoms with Gasteiger partial charge in [0.1, 0.15) is 0 Å². The molecular formula is C13H19N5. The van der Waals surface area contributed by atoms with Crippen LogP contribution in [0, 0.1) is 0 Å². The molecule has 0 radical (unpaired) electrons. The van der Waals surface area contributed by atoms with Crippen molar-refractivity contribution in [2.24, 2.45) is 7.05 Å². The fourth-order valence-corrected chi connectivity index (χ4v) is 1.80. The molecule has 1 unspecified atom stereocenters. The van der Waals surface area contributed by atoms with Gasteiger partial charge in [0.15, 0.2) is 5.82 Å². The molecule has 0 aliphatic carbocycles. The average Bonchev–Trinajstić information content (AvgIpc) is 2.82. The fourth-order valence-electron chi connectivity index (χ4n) is 1.80. The summed E-state index contributed by atoms with van der Waals surface area (Å²) in [7, 11) is 1.77. The highest BCUT2D eigenvalue weighted by Gasteiger charge is 2.06. The van der Waals surface area contributed by atoms with Crippen molar-refractivity contribution in [2.45, 2.75) is 32.9 Å². The van der Waals surface area contributed by atoms with Gasteiger partial charge in [0.05, 0.1) is 13.6 Å². The van der Waals surface area contributed by atoms with Crippen LogP contribution in [0.1, 0.15) is 36.8 Å². The van der Waals surface area contributed by atoms with E-state index in [1.807, 2.05) is 0 Å². The molecule has 1 atom stereocenters. The molecule has 2 rings (SSSR count). The van der Waals surface area contributed by atoms with Crippen molar-refractivity contribution < 1.29 is 0 Å². The summed E-state index contributed by atoms with van der Waals surface area (Å²) < 4.78 is 0. The molecule has 1 aromatic heterocycles. The number of hydrogen-bond donors (Lipinski definition) is 1. The first-order valence-corrected chi connectivity index (χ1v) is 6.24. The van der Waals surface area contributed by atoms with E-state index in [1.54, 1.807) is 7.05 Å². The molecule has 0 aliphatic heterocycles. The molecule has 0 aliphatic rings. The standard InChI is InChI=1S/C13H19N5/c1-4-11-5-7-12(8-6-11)10(2)14-9-13-15-17-18(3)16-13/h5-8,10,14H,4,9H2,1-3H3. The lowest BCUT2D eigenvalue weighted by Gasteiger charge is -2.13. The Morgan fingerprint density at radius 1 is 1.28 bits per heavy atom. The molecule has 1 aromatic carbocycles. The van der Waals surface area contributed by atoms with Crippen LogP contribution in [0.25, 0.3) is 0 Å². The van der Waals surface area contributed by atoms with E-state index in [1.165, 1.54) is 15.9 Å². The zero-order chi connectivity index (χ0) is 13.0. The Kier molecular flexibility index (Phi) is 4.04. The number of tetrazole rings is 1. The zero-order valence-corrected chi connectivity index (χ0v) is 11.1. The Balaban J connectivity index is 1.92. The van der Waals surface area contributed by atoms with Crippen molar-refractivity contribution in [3.05, 3.63) is 41.2 Å². The Morgan fingerprint density at radius 3 is 2.56 bits per heavy atom. The predicted octanol–water partition coefficient (Wildman–Crippen LogP) is 1.62. The van der Waals surface area contributed by atoms with Crippen LogP contribution in [0.5, 0.6) is 0 Å². The molecule has 18 heavy (non-hydrogen) atoms. The molecule has 5 heteroatoms. The second kappa shape index (κ2) is 5.73. The van der Waals surface area contributed by atoms with Gasteiger partial charge in [-0.25, -0.2) is 0 Å². The maximum absolute atomic E-state index is 4.14. The van der Waals surface area contributed by atoms with Crippen molar-refractivity contribution in [3.8, 4) is 0 Å². The van der Waals surface area contributed by atoms with Crippen molar-refractivity contribution >= 4 is 0 Å². The summed E-state index contributed by atoms with van der Waals surface area (Å²) in [5.41, 5.74) is 2.64. The predicted molar refractivity (Wildman–Crippen MR) is 69.9 cm³/mol. The van der Waals surface area contributed by atoms with Gasteiger partial charge in [0.25, 0.3) is 0 Å². The van der Waals surface area contributed by atoms with Crippen LogP contribution < -0.4 is 5.32 Å². The second-order valence-corrected chi connectivity index (χ2v) is 4.39. The van der Waals surface area contributed by atoms with Gasteiger partial charge in [0, 0.05) is 6.04 Å². The van der Waals surface area contributed by atoms with Gasteiger partial charge < -0.3 is 5.32 Å². The third-order valence-corrected chi connectivity index (χ3v) is 3.00. The molecule has 0 saturated carbocycles. The van der Waals surface area contributed by atoms with Gasteiger partial charge in [-0.1, -0.05) is 31.2 Å². The molecule has 0 spiro atoms. The number of rotatable bonds is 5. The zero-order valence-electron chi connectivity index (χ0n) is 11.1. The summed E-state index contributed by atoms with van der Waals surface area (Å²) >= 11 is 0. The van der Waals surface area contributed by atoms with E-state index >= 15 is 0 Å². The number of aromatic nitrogens is 4. The van der Waals surface area contributed by atoms with E-state index in [0.29, 0.717) is 6.54 Å². The second-order valence-electron chi connectivity index (χ2n) is 4.39. The van der Waals surface area contributed by atoms with E-state index in [0.717, 1.165) is 12.2 Å². The number of nitrogens with zero attached hydrogens (tertiary/aromatic N) is 4. The van der Waals surface area contributed by atoms with Crippen LogP contribution in [-0.2, 0) is 20.0 Å². The van der Waals surface area contributed by atoms with Crippen LogP contribution in [0.3, 0.4) is 0 Å². The summed E-state index contributed by atoms with van der Waals surface area (Å²) in [5.74, 6) is 0.717. The first kappa shape index (κ1) is 12.7. The monoisotopic (exact) mass is 245 g/mol. The Labute approximate surface area is 107 Å². The smallest absolute Gasteiger partial charge is 0.188 e. The highest BCUT2D eigenvalue weighted by atomic mass is 15.6. The van der Waals surface area contributed by atoms with Crippen molar-refractivity contribution in [2.75, 3.05) is 0 Å². The van der Waals surface area contributed by atoms with Crippen LogP contribution in [0.4, 0.5) is 0 Å². The topological polar surface area (TPSA) is 55.6 Å². The van der Waals surface area contributed by atoms with E-state index in [-0.39, 0.29) is 6.04 Å². The minimum atomic E-state index is 0.278. The lowest BCUT2D eigenvalue weighted by atomic mass is 10.1. The van der Waals surface area contributed by atoms with Crippen molar-refractivity contribution in [3.63, 3.8) is 0 Å². The number of aryl methyl sites for hydroxylation is 2. The molecule has 0 saturated heterocycles. The Morgan fingerprint density at radius 2 is 2.00 bits per heavy atom. The third kappa shape index (κ3) is 3.13. The molecule has 96 valence electrons. The minimum absolute atomic E-state index is 0.278. The van der Waals surface area contributed by atoms with Gasteiger partial charge in [-0.3, -0.25) is 0 Å². The molecule has 0 amide bonds. The van der Waals surface area contributed by atoms with Gasteiger partial charge in [0.2, 0.25) is 0 Å². The first-order chi connectivity index (χ1) is 8.69. The summed E-state index contributed by atoms with van der Waals surface area (Å²) in [6, 6.07) is 8.96. The van der Waals surface area contributed by atoms with Gasteiger partial charge in [-0.05, 0) is 29.7 Å². The average molecular weight is 245 g/mol. The van der Waals surface area contributed by atoms with E-state index in [4.69, 9.17) is 0 Å². The summed E-state index contributed by atoms with van der Waals surface area (Å²) in [4.78, 5) is 1.47. The van der Waals surface area contributed by atoms with Crippen LogP contribution in [-0.4, -0.2) is 20.2 Å². The molecule has 1 heterocycles. The quantitative estimate of drug-likeness (QED) is 0.869. The first-order valence-electron chi connectivity index (χ1n) is 6.24. The Hall–Kier alpha value is -1.75. The maximum Gasteiger partial charge on any atom is 0.188 e. The molecule has 1 N–H and O–H groups in total. The van der Waals surface area contributed by atoms with Gasteiger partial charge in [-0.15, -0.1) is 10.2 Å². The number of benzene rings is 1. The summed E-state index contributed by atoms with van der Waals surface area (Å²) in [6.45, 7) is 4.93. The van der Waals surface area contributed by atoms with E-state index in [2.05, 4.69) is 58.8 Å². The van der Waals surface area contributed by atoms with Crippen molar-refractivity contribution in [1.82, 2.24) is 25.5 Å². The van der Waals surface area contributed by atoms with Crippen LogP contribution >= 0.6 is 0 Å². The summed E-state index contributed by atoms with van der Waals surface area (Å²) in [6.07, 6.45) is 1.08. The lowest BCUT2D eigenvalue weighted by Crippen LogP contribution is -2.19. The largest absolute Gasteiger partial charge is 0.303 e. The number of hydrogen-bond acceptors (Lipinski definition) is 4. The summed E-state index contributed by atoms with van der Waals surface area (Å²) in [5, 5.41) is 15.3. The van der Waals surface area contributed by atoms with E-state index in [9.17, 15) is 0 Å². The van der Waals surface area contributed by atoms with Gasteiger partial charge in [-0.2, -0.15) is 4.80 Å². The molecule has 2 aromatic rings. The molecule has 0 fully saturated rings. The highest BCUT2D eigenvalue weighted by molar-refractivity contribution is 5.24.